The molecule has 0 radical (unpaired) electrons. The van der Waals surface area contributed by atoms with Crippen molar-refractivity contribution in [1.29, 1.82) is 0 Å². The number of anilines is 1. The smallest absolute Gasteiger partial charge is 0.264 e. The molecule has 190 valence electrons. The lowest BCUT2D eigenvalue weighted by Crippen LogP contribution is -2.39. The van der Waals surface area contributed by atoms with Crippen molar-refractivity contribution in [1.82, 2.24) is 9.99 Å². The van der Waals surface area contributed by atoms with Crippen molar-refractivity contribution in [3.63, 3.8) is 0 Å². The summed E-state index contributed by atoms with van der Waals surface area (Å²) in [7, 11) is -2.61. The van der Waals surface area contributed by atoms with E-state index in [1.807, 2.05) is 50.2 Å². The van der Waals surface area contributed by atoms with E-state index >= 15 is 0 Å². The molecule has 1 heterocycles. The number of hydrazone groups is 1. The lowest BCUT2D eigenvalue weighted by molar-refractivity contribution is -0.119. The number of sulfonamides is 1. The summed E-state index contributed by atoms with van der Waals surface area (Å²) in [6.07, 6.45) is 1.55. The highest BCUT2D eigenvalue weighted by Gasteiger charge is 2.29. The highest BCUT2D eigenvalue weighted by molar-refractivity contribution is 7.92. The molecule has 0 aliphatic carbocycles. The number of hydrogen-bond acceptors (Lipinski definition) is 5. The summed E-state index contributed by atoms with van der Waals surface area (Å²) in [6, 6.07) is 26.5. The van der Waals surface area contributed by atoms with Gasteiger partial charge in [-0.1, -0.05) is 48.5 Å². The average molecular weight is 517 g/mol. The van der Waals surface area contributed by atoms with Gasteiger partial charge in [0.15, 0.2) is 0 Å². The van der Waals surface area contributed by atoms with E-state index in [2.05, 4.69) is 15.1 Å². The Morgan fingerprint density at radius 3 is 2.27 bits per heavy atom. The van der Waals surface area contributed by atoms with E-state index in [4.69, 9.17) is 4.74 Å². The second kappa shape index (κ2) is 11.1. The quantitative estimate of drug-likeness (QED) is 0.263. The summed E-state index contributed by atoms with van der Waals surface area (Å²) in [5, 5.41) is 4.10. The Balaban J connectivity index is 1.57. The van der Waals surface area contributed by atoms with Crippen molar-refractivity contribution in [2.45, 2.75) is 18.7 Å². The van der Waals surface area contributed by atoms with Gasteiger partial charge in [-0.05, 0) is 56.3 Å². The van der Waals surface area contributed by atoms with Gasteiger partial charge in [0.2, 0.25) is 0 Å². The highest BCUT2D eigenvalue weighted by atomic mass is 32.2. The van der Waals surface area contributed by atoms with Crippen LogP contribution < -0.4 is 14.5 Å². The molecule has 1 N–H and O–H groups in total. The van der Waals surface area contributed by atoms with Crippen LogP contribution in [0.4, 0.5) is 5.69 Å². The average Bonchev–Trinajstić information content (AvgIpc) is 3.20. The minimum absolute atomic E-state index is 0.0607. The van der Waals surface area contributed by atoms with Crippen LogP contribution in [-0.4, -0.2) is 38.8 Å². The van der Waals surface area contributed by atoms with Gasteiger partial charge in [-0.15, -0.1) is 0 Å². The van der Waals surface area contributed by atoms with Crippen LogP contribution in [0, 0.1) is 13.8 Å². The summed E-state index contributed by atoms with van der Waals surface area (Å²) < 4.78 is 35.5. The molecule has 0 saturated heterocycles. The van der Waals surface area contributed by atoms with E-state index in [9.17, 15) is 13.2 Å². The summed E-state index contributed by atoms with van der Waals surface area (Å²) in [5.41, 5.74) is 6.56. The second-order valence-electron chi connectivity index (χ2n) is 8.29. The first-order chi connectivity index (χ1) is 17.8. The first kappa shape index (κ1) is 25.7. The van der Waals surface area contributed by atoms with E-state index in [0.717, 1.165) is 26.9 Å². The molecule has 0 fully saturated rings. The third-order valence-corrected chi connectivity index (χ3v) is 7.62. The largest absolute Gasteiger partial charge is 0.495 e. The number of nitrogens with one attached hydrogen (secondary N) is 1. The SMILES string of the molecule is COc1ccccc1N(CC(=O)N/N=C/c1cc(C)n(-c2ccccc2)c1C)S(=O)(=O)c1ccccc1. The van der Waals surface area contributed by atoms with Crippen LogP contribution in [0.3, 0.4) is 0 Å². The molecule has 0 atom stereocenters. The van der Waals surface area contributed by atoms with Crippen LogP contribution in [0.1, 0.15) is 17.0 Å². The van der Waals surface area contributed by atoms with E-state index in [1.54, 1.807) is 48.7 Å². The number of methoxy groups -OCH3 is 1. The number of nitrogens with zero attached hydrogens (tertiary/aromatic N) is 3. The first-order valence-electron chi connectivity index (χ1n) is 11.6. The zero-order valence-corrected chi connectivity index (χ0v) is 21.6. The number of aromatic nitrogens is 1. The molecule has 0 unspecified atom stereocenters. The third-order valence-electron chi connectivity index (χ3n) is 5.85. The fourth-order valence-electron chi connectivity index (χ4n) is 4.09. The molecular formula is C28H28N4O4S. The van der Waals surface area contributed by atoms with Gasteiger partial charge in [-0.2, -0.15) is 5.10 Å². The summed E-state index contributed by atoms with van der Waals surface area (Å²) in [6.45, 7) is 3.48. The van der Waals surface area contributed by atoms with E-state index in [-0.39, 0.29) is 10.6 Å². The molecule has 0 spiro atoms. The van der Waals surface area contributed by atoms with Crippen LogP contribution in [0.2, 0.25) is 0 Å². The fraction of sp³-hybridized carbons (Fsp3) is 0.143. The molecule has 37 heavy (non-hydrogen) atoms. The van der Waals surface area contributed by atoms with Crippen LogP contribution >= 0.6 is 0 Å². The molecule has 0 aliphatic heterocycles. The predicted molar refractivity (Wildman–Crippen MR) is 145 cm³/mol. The molecule has 8 nitrogen and oxygen atoms in total. The van der Waals surface area contributed by atoms with E-state index in [0.29, 0.717) is 5.75 Å². The highest BCUT2D eigenvalue weighted by Crippen LogP contribution is 2.32. The van der Waals surface area contributed by atoms with Crippen LogP contribution in [0.5, 0.6) is 5.75 Å². The van der Waals surface area contributed by atoms with Gasteiger partial charge < -0.3 is 9.30 Å². The summed E-state index contributed by atoms with van der Waals surface area (Å²) in [5.74, 6) is -0.273. The van der Waals surface area contributed by atoms with Crippen molar-refractivity contribution >= 4 is 27.8 Å². The lowest BCUT2D eigenvalue weighted by Gasteiger charge is -2.25. The zero-order valence-electron chi connectivity index (χ0n) is 20.8. The van der Waals surface area contributed by atoms with Gasteiger partial charge in [0.25, 0.3) is 15.9 Å². The molecule has 1 aromatic heterocycles. The molecule has 1 amide bonds. The van der Waals surface area contributed by atoms with E-state index in [1.165, 1.54) is 19.2 Å². The number of para-hydroxylation sites is 3. The Labute approximate surface area is 216 Å². The van der Waals surface area contributed by atoms with Crippen molar-refractivity contribution in [3.05, 3.63) is 108 Å². The van der Waals surface area contributed by atoms with Gasteiger partial charge in [0.05, 0.1) is 23.9 Å². The minimum Gasteiger partial charge on any atom is -0.495 e. The Morgan fingerprint density at radius 2 is 1.59 bits per heavy atom. The Hall–Kier alpha value is -4.37. The number of carbonyl (C=O) groups excluding carboxylic acids is 1. The van der Waals surface area contributed by atoms with Crippen molar-refractivity contribution in [2.24, 2.45) is 5.10 Å². The molecule has 9 heteroatoms. The Kier molecular flexibility index (Phi) is 7.74. The zero-order chi connectivity index (χ0) is 26.4. The van der Waals surface area contributed by atoms with Gasteiger partial charge in [0.1, 0.15) is 12.3 Å². The molecule has 4 rings (SSSR count). The Morgan fingerprint density at radius 1 is 0.973 bits per heavy atom. The molecule has 0 saturated carbocycles. The number of ether oxygens (including phenoxy) is 1. The minimum atomic E-state index is -4.06. The normalized spacial score (nSPS) is 11.4. The second-order valence-corrected chi connectivity index (χ2v) is 10.1. The molecule has 4 aromatic rings. The van der Waals surface area contributed by atoms with Gasteiger partial charge in [0, 0.05) is 22.6 Å². The number of rotatable bonds is 9. The topological polar surface area (TPSA) is 93.0 Å². The third kappa shape index (κ3) is 5.57. The van der Waals surface area contributed by atoms with Crippen molar-refractivity contribution < 1.29 is 17.9 Å². The van der Waals surface area contributed by atoms with Gasteiger partial charge in [-0.3, -0.25) is 9.10 Å². The van der Waals surface area contributed by atoms with Crippen LogP contribution in [-0.2, 0) is 14.8 Å². The Bertz CT molecular complexity index is 1510. The number of aryl methyl sites for hydroxylation is 1. The molecular weight excluding hydrogens is 488 g/mol. The molecule has 3 aromatic carbocycles. The number of amides is 1. The lowest BCUT2D eigenvalue weighted by atomic mass is 10.2. The maximum atomic E-state index is 13.5. The van der Waals surface area contributed by atoms with E-state index < -0.39 is 22.5 Å². The van der Waals surface area contributed by atoms with Crippen molar-refractivity contribution in [2.75, 3.05) is 18.0 Å². The number of hydrogen-bond donors (Lipinski definition) is 1. The predicted octanol–water partition coefficient (Wildman–Crippen LogP) is 4.45. The van der Waals surface area contributed by atoms with Gasteiger partial charge in [-0.25, -0.2) is 13.8 Å². The first-order valence-corrected chi connectivity index (χ1v) is 13.0. The van der Waals surface area contributed by atoms with Gasteiger partial charge >= 0.3 is 0 Å². The van der Waals surface area contributed by atoms with Crippen molar-refractivity contribution in [3.8, 4) is 11.4 Å². The maximum Gasteiger partial charge on any atom is 0.264 e. The number of carbonyl (C=O) groups is 1. The standard InChI is InChI=1S/C28H28N4O4S/c1-21-18-23(22(2)32(21)24-12-6-4-7-13-24)19-29-30-28(33)20-31(26-16-10-11-17-27(26)36-3)37(34,35)25-14-8-5-9-15-25/h4-19H,20H2,1-3H3,(H,30,33)/b29-19+. The van der Waals surface area contributed by atoms with Crippen LogP contribution in [0.25, 0.3) is 5.69 Å². The van der Waals surface area contributed by atoms with Crippen LogP contribution in [0.15, 0.2) is 101 Å². The summed E-state index contributed by atoms with van der Waals surface area (Å²) in [4.78, 5) is 13.0. The molecule has 0 bridgehead atoms. The molecule has 0 aliphatic rings. The number of benzene rings is 3. The maximum absolute atomic E-state index is 13.5. The fourth-order valence-corrected chi connectivity index (χ4v) is 5.54. The summed E-state index contributed by atoms with van der Waals surface area (Å²) >= 11 is 0. The monoisotopic (exact) mass is 516 g/mol.